The number of carboxylic acids is 6. The van der Waals surface area contributed by atoms with E-state index >= 15 is 0 Å². The van der Waals surface area contributed by atoms with Crippen LogP contribution in [0.4, 0.5) is 0 Å². The summed E-state index contributed by atoms with van der Waals surface area (Å²) in [7, 11) is 0. The minimum absolute atomic E-state index is 0. The van der Waals surface area contributed by atoms with Crippen LogP contribution in [0.15, 0.2) is 0 Å². The van der Waals surface area contributed by atoms with Gasteiger partial charge in [0.15, 0.2) is 0 Å². The van der Waals surface area contributed by atoms with Gasteiger partial charge in [-0.25, -0.2) is 0 Å². The van der Waals surface area contributed by atoms with Gasteiger partial charge < -0.3 is 30.6 Å². The van der Waals surface area contributed by atoms with Crippen molar-refractivity contribution in [2.24, 2.45) is 35.5 Å². The van der Waals surface area contributed by atoms with E-state index in [0.29, 0.717) is 64.2 Å². The van der Waals surface area contributed by atoms with Crippen LogP contribution in [-0.4, -0.2) is 66.5 Å². The van der Waals surface area contributed by atoms with Crippen molar-refractivity contribution in [3.05, 3.63) is 0 Å². The Balaban J connectivity index is -0.000000688. The number of hydrogen-bond acceptors (Lipinski definition) is 6. The smallest absolute Gasteiger partial charge is 0.481 e. The summed E-state index contributed by atoms with van der Waals surface area (Å²) < 4.78 is 0. The summed E-state index contributed by atoms with van der Waals surface area (Å²) in [5.41, 5.74) is 0. The molecule has 0 rings (SSSR count). The van der Waals surface area contributed by atoms with Crippen molar-refractivity contribution in [1.29, 1.82) is 0 Å². The summed E-state index contributed by atoms with van der Waals surface area (Å²) in [6, 6.07) is 0. The number of carbonyl (C=O) groups is 6. The third-order valence-electron chi connectivity index (χ3n) is 7.55. The zero-order valence-corrected chi connectivity index (χ0v) is 27.8. The number of aliphatic carboxylic acids is 6. The van der Waals surface area contributed by atoms with Crippen molar-refractivity contribution in [3.8, 4) is 0 Å². The van der Waals surface area contributed by atoms with Crippen molar-refractivity contribution in [2.75, 3.05) is 0 Å². The van der Waals surface area contributed by atoms with Gasteiger partial charge in [0.25, 0.3) is 0 Å². The average molecular weight is 642 g/mol. The molecule has 41 heavy (non-hydrogen) atoms. The van der Waals surface area contributed by atoms with Crippen molar-refractivity contribution < 1.29 is 78.9 Å². The monoisotopic (exact) mass is 640 g/mol. The summed E-state index contributed by atoms with van der Waals surface area (Å²) in [4.78, 5) is 65.5. The molecular formula is C28H48O12Zn+2. The van der Waals surface area contributed by atoms with Gasteiger partial charge in [0.1, 0.15) is 0 Å². The van der Waals surface area contributed by atoms with Gasteiger partial charge in [-0.1, -0.05) is 53.4 Å². The first-order valence-electron chi connectivity index (χ1n) is 14.0. The Morgan fingerprint density at radius 1 is 0.463 bits per heavy atom. The maximum absolute atomic E-state index is 11.1. The summed E-state index contributed by atoms with van der Waals surface area (Å²) in [6.07, 6.45) is 4.78. The Morgan fingerprint density at radius 3 is 0.927 bits per heavy atom. The van der Waals surface area contributed by atoms with Crippen molar-refractivity contribution in [1.82, 2.24) is 0 Å². The molecule has 0 aliphatic carbocycles. The Bertz CT molecular complexity index is 750. The maximum atomic E-state index is 11.1. The molecule has 0 aromatic rings. The van der Waals surface area contributed by atoms with E-state index in [1.165, 1.54) is 0 Å². The van der Waals surface area contributed by atoms with Gasteiger partial charge in [0, 0.05) is 0 Å². The SMILES string of the molecule is CCC(CCCC(CC)C(CC(=O)O)C(=O)O)C(=O)O.CCC(CCCC(CC)C(CC(=O)O)C(=O)O)C(=O)O.[Zn+2]. The molecule has 0 fully saturated rings. The standard InChI is InChI=1S/2C14H24O6.Zn/c2*1-3-9(11(14(19)20)8-12(15)16)6-5-7-10(4-2)13(17)18;/h2*9-11H,3-8H2,1-2H3,(H,15,16)(H,17,18)(H,19,20);/q;;+2. The maximum Gasteiger partial charge on any atom is 2.00 e. The van der Waals surface area contributed by atoms with Crippen LogP contribution in [0.2, 0.25) is 0 Å². The Kier molecular flexibility index (Phi) is 25.2. The third kappa shape index (κ3) is 19.2. The van der Waals surface area contributed by atoms with Gasteiger partial charge in [0.2, 0.25) is 0 Å². The fourth-order valence-electron chi connectivity index (χ4n) is 4.92. The molecule has 0 amide bonds. The molecular weight excluding hydrogens is 594 g/mol. The molecule has 0 aromatic carbocycles. The number of rotatable bonds is 22. The molecule has 13 heteroatoms. The van der Waals surface area contributed by atoms with E-state index in [9.17, 15) is 28.8 Å². The number of hydrogen-bond donors (Lipinski definition) is 6. The summed E-state index contributed by atoms with van der Waals surface area (Å²) >= 11 is 0. The molecule has 0 radical (unpaired) electrons. The fraction of sp³-hybridized carbons (Fsp3) is 0.786. The molecule has 12 nitrogen and oxygen atoms in total. The molecule has 6 unspecified atom stereocenters. The van der Waals surface area contributed by atoms with Crippen LogP contribution in [0.3, 0.4) is 0 Å². The normalized spacial score (nSPS) is 14.9. The van der Waals surface area contributed by atoms with Crippen LogP contribution < -0.4 is 0 Å². The first kappa shape index (κ1) is 42.9. The van der Waals surface area contributed by atoms with E-state index in [1.807, 2.05) is 13.8 Å². The zero-order chi connectivity index (χ0) is 31.4. The van der Waals surface area contributed by atoms with Crippen molar-refractivity contribution in [3.63, 3.8) is 0 Å². The van der Waals surface area contributed by atoms with E-state index < -0.39 is 59.5 Å². The Labute approximate surface area is 254 Å². The minimum atomic E-state index is -1.12. The molecule has 0 aromatic heterocycles. The predicted octanol–water partition coefficient (Wildman–Crippen LogP) is 4.94. The van der Waals surface area contributed by atoms with Crippen molar-refractivity contribution in [2.45, 2.75) is 105 Å². The molecule has 0 bridgehead atoms. The van der Waals surface area contributed by atoms with Gasteiger partial charge in [-0.05, 0) is 50.4 Å². The molecule has 0 spiro atoms. The first-order chi connectivity index (χ1) is 18.7. The quantitative estimate of drug-likeness (QED) is 0.0865. The topological polar surface area (TPSA) is 224 Å². The molecule has 232 valence electrons. The van der Waals surface area contributed by atoms with Crippen molar-refractivity contribution >= 4 is 35.8 Å². The molecule has 0 saturated heterocycles. The zero-order valence-electron chi connectivity index (χ0n) is 24.8. The summed E-state index contributed by atoms with van der Waals surface area (Å²) in [5, 5.41) is 53.6. The van der Waals surface area contributed by atoms with Crippen LogP contribution in [-0.2, 0) is 48.2 Å². The van der Waals surface area contributed by atoms with Crippen LogP contribution in [0.5, 0.6) is 0 Å². The fourth-order valence-corrected chi connectivity index (χ4v) is 4.92. The Hall–Kier alpha value is -2.56. The molecule has 0 heterocycles. The van der Waals surface area contributed by atoms with E-state index in [4.69, 9.17) is 30.6 Å². The average Bonchev–Trinajstić information content (AvgIpc) is 2.86. The summed E-state index contributed by atoms with van der Waals surface area (Å²) in [5.74, 6) is -9.16. The molecule has 6 atom stereocenters. The largest absolute Gasteiger partial charge is 2.00 e. The van der Waals surface area contributed by atoms with Gasteiger partial charge in [-0.2, -0.15) is 0 Å². The van der Waals surface area contributed by atoms with Gasteiger partial charge in [-0.3, -0.25) is 28.8 Å². The second-order valence-electron chi connectivity index (χ2n) is 10.2. The molecule has 6 N–H and O–H groups in total. The van der Waals surface area contributed by atoms with Crippen LogP contribution in [0, 0.1) is 35.5 Å². The predicted molar refractivity (Wildman–Crippen MR) is 145 cm³/mol. The molecule has 0 aliphatic rings. The van der Waals surface area contributed by atoms with Gasteiger partial charge in [0.05, 0.1) is 36.5 Å². The van der Waals surface area contributed by atoms with Crippen LogP contribution >= 0.6 is 0 Å². The van der Waals surface area contributed by atoms with Gasteiger partial charge in [-0.15, -0.1) is 0 Å². The van der Waals surface area contributed by atoms with Gasteiger partial charge >= 0.3 is 55.3 Å². The van der Waals surface area contributed by atoms with E-state index in [0.717, 1.165) is 0 Å². The Morgan fingerprint density at radius 2 is 0.756 bits per heavy atom. The van der Waals surface area contributed by atoms with E-state index in [-0.39, 0.29) is 44.2 Å². The second kappa shape index (κ2) is 24.1. The van der Waals surface area contributed by atoms with Crippen LogP contribution in [0.25, 0.3) is 0 Å². The number of carboxylic acid groups (broad SMARTS) is 6. The van der Waals surface area contributed by atoms with E-state index in [2.05, 4.69) is 0 Å². The second-order valence-corrected chi connectivity index (χ2v) is 10.2. The third-order valence-corrected chi connectivity index (χ3v) is 7.55. The molecule has 0 saturated carbocycles. The van der Waals surface area contributed by atoms with Crippen LogP contribution in [0.1, 0.15) is 105 Å². The first-order valence-corrected chi connectivity index (χ1v) is 14.0. The van der Waals surface area contributed by atoms with E-state index in [1.54, 1.807) is 13.8 Å². The summed E-state index contributed by atoms with van der Waals surface area (Å²) in [6.45, 7) is 7.27. The minimum Gasteiger partial charge on any atom is -0.481 e. The molecule has 0 aliphatic heterocycles.